The number of rotatable bonds is 6. The highest BCUT2D eigenvalue weighted by Crippen LogP contribution is 2.24. The van der Waals surface area contributed by atoms with Crippen LogP contribution < -0.4 is 4.74 Å². The lowest BCUT2D eigenvalue weighted by Gasteiger charge is -2.26. The second kappa shape index (κ2) is 7.17. The first-order valence-electron chi connectivity index (χ1n) is 7.22. The fourth-order valence-electron chi connectivity index (χ4n) is 2.50. The Bertz CT molecular complexity index is 524. The van der Waals surface area contributed by atoms with Crippen LogP contribution in [-0.2, 0) is 0 Å². The molecule has 0 atom stereocenters. The summed E-state index contributed by atoms with van der Waals surface area (Å²) in [5.41, 5.74) is 0.173. The zero-order chi connectivity index (χ0) is 15.2. The van der Waals surface area contributed by atoms with Gasteiger partial charge in [-0.25, -0.2) is 0 Å². The lowest BCUT2D eigenvalue weighted by molar-refractivity contribution is -0.384. The quantitative estimate of drug-likeness (QED) is 0.458. The summed E-state index contributed by atoms with van der Waals surface area (Å²) in [6.07, 6.45) is 3.72. The number of nitrogens with zero attached hydrogens (tertiary/aromatic N) is 2. The number of carbonyl (C=O) groups excluding carboxylic acids is 1. The minimum absolute atomic E-state index is 0.0939. The van der Waals surface area contributed by atoms with Gasteiger partial charge in [0.15, 0.2) is 5.78 Å². The van der Waals surface area contributed by atoms with E-state index in [0.29, 0.717) is 12.4 Å². The molecule has 0 spiro atoms. The Morgan fingerprint density at radius 2 is 2.05 bits per heavy atom. The van der Waals surface area contributed by atoms with Gasteiger partial charge in [0.2, 0.25) is 0 Å². The third kappa shape index (κ3) is 4.26. The first kappa shape index (κ1) is 15.4. The van der Waals surface area contributed by atoms with Gasteiger partial charge in [-0.1, -0.05) is 6.42 Å². The lowest BCUT2D eigenvalue weighted by atomic mass is 10.1. The van der Waals surface area contributed by atoms with Gasteiger partial charge in [0, 0.05) is 18.7 Å². The van der Waals surface area contributed by atoms with E-state index in [-0.39, 0.29) is 17.0 Å². The van der Waals surface area contributed by atoms with Gasteiger partial charge in [-0.2, -0.15) is 0 Å². The Hall–Kier alpha value is -1.95. The zero-order valence-electron chi connectivity index (χ0n) is 12.2. The topological polar surface area (TPSA) is 72.7 Å². The number of Topliss-reactive ketones (excluding diaryl/α,β-unsaturated/α-hetero) is 1. The van der Waals surface area contributed by atoms with Crippen LogP contribution in [0.4, 0.5) is 5.69 Å². The lowest BCUT2D eigenvalue weighted by Crippen LogP contribution is -2.33. The van der Waals surface area contributed by atoms with Crippen LogP contribution in [0, 0.1) is 10.1 Å². The maximum atomic E-state index is 11.6. The van der Waals surface area contributed by atoms with Crippen molar-refractivity contribution in [2.45, 2.75) is 26.2 Å². The van der Waals surface area contributed by atoms with Gasteiger partial charge in [0.25, 0.3) is 5.69 Å². The van der Waals surface area contributed by atoms with E-state index in [2.05, 4.69) is 4.90 Å². The molecule has 1 aromatic rings. The van der Waals surface area contributed by atoms with E-state index in [4.69, 9.17) is 4.74 Å². The molecule has 114 valence electrons. The fourth-order valence-corrected chi connectivity index (χ4v) is 2.50. The molecule has 0 aliphatic carbocycles. The van der Waals surface area contributed by atoms with Crippen LogP contribution in [0.1, 0.15) is 36.5 Å². The number of nitro groups is 1. The number of benzene rings is 1. The van der Waals surface area contributed by atoms with Crippen molar-refractivity contribution in [3.05, 3.63) is 33.9 Å². The number of non-ortho nitro benzene ring substituents is 1. The van der Waals surface area contributed by atoms with Gasteiger partial charge in [0.1, 0.15) is 12.4 Å². The van der Waals surface area contributed by atoms with Crippen molar-refractivity contribution < 1.29 is 14.5 Å². The molecule has 0 N–H and O–H groups in total. The Kier molecular flexibility index (Phi) is 5.27. The maximum Gasteiger partial charge on any atom is 0.270 e. The molecule has 0 aromatic heterocycles. The third-order valence-corrected chi connectivity index (χ3v) is 3.67. The van der Waals surface area contributed by atoms with E-state index >= 15 is 0 Å². The molecule has 0 radical (unpaired) electrons. The number of carbonyl (C=O) groups is 1. The van der Waals surface area contributed by atoms with Crippen molar-refractivity contribution in [2.75, 3.05) is 26.2 Å². The van der Waals surface area contributed by atoms with Gasteiger partial charge in [-0.05, 0) is 38.9 Å². The molecule has 0 amide bonds. The summed E-state index contributed by atoms with van der Waals surface area (Å²) in [4.78, 5) is 24.2. The molecule has 1 aromatic carbocycles. The molecule has 0 bridgehead atoms. The summed E-state index contributed by atoms with van der Waals surface area (Å²) in [5.74, 6) is 0.191. The van der Waals surface area contributed by atoms with Crippen LogP contribution in [-0.4, -0.2) is 41.8 Å². The van der Waals surface area contributed by atoms with E-state index in [0.717, 1.165) is 19.6 Å². The number of likely N-dealkylation sites (tertiary alicyclic amines) is 1. The average Bonchev–Trinajstić information content (AvgIpc) is 2.48. The van der Waals surface area contributed by atoms with Crippen LogP contribution >= 0.6 is 0 Å². The molecule has 1 aliphatic heterocycles. The minimum Gasteiger partial charge on any atom is -0.491 e. The van der Waals surface area contributed by atoms with E-state index in [1.54, 1.807) is 0 Å². The number of hydrogen-bond donors (Lipinski definition) is 0. The summed E-state index contributed by atoms with van der Waals surface area (Å²) >= 11 is 0. The highest BCUT2D eigenvalue weighted by Gasteiger charge is 2.16. The molecule has 2 rings (SSSR count). The van der Waals surface area contributed by atoms with E-state index in [1.165, 1.54) is 44.4 Å². The Balaban J connectivity index is 1.98. The minimum atomic E-state index is -0.510. The number of hydrogen-bond acceptors (Lipinski definition) is 5. The predicted octanol–water partition coefficient (Wildman–Crippen LogP) is 2.66. The predicted molar refractivity (Wildman–Crippen MR) is 78.9 cm³/mol. The van der Waals surface area contributed by atoms with E-state index < -0.39 is 4.92 Å². The molecule has 0 saturated carbocycles. The standard InChI is InChI=1S/C15H20N2O4/c1-12(18)14-11-13(17(19)20)5-6-15(14)21-10-9-16-7-3-2-4-8-16/h5-6,11H,2-4,7-10H2,1H3. The van der Waals surface area contributed by atoms with Crippen molar-refractivity contribution >= 4 is 11.5 Å². The Morgan fingerprint density at radius 3 is 2.67 bits per heavy atom. The summed E-state index contributed by atoms with van der Waals surface area (Å²) in [6, 6.07) is 4.15. The average molecular weight is 292 g/mol. The van der Waals surface area contributed by atoms with Crippen molar-refractivity contribution in [2.24, 2.45) is 0 Å². The van der Waals surface area contributed by atoms with E-state index in [1.807, 2.05) is 0 Å². The van der Waals surface area contributed by atoms with Crippen LogP contribution in [0.5, 0.6) is 5.75 Å². The highest BCUT2D eigenvalue weighted by atomic mass is 16.6. The molecule has 0 unspecified atom stereocenters. The molecule has 6 nitrogen and oxygen atoms in total. The van der Waals surface area contributed by atoms with Crippen molar-refractivity contribution in [1.29, 1.82) is 0 Å². The molecule has 1 aliphatic rings. The summed E-state index contributed by atoms with van der Waals surface area (Å²) in [6.45, 7) is 4.86. The Labute approximate surface area is 123 Å². The third-order valence-electron chi connectivity index (χ3n) is 3.67. The summed E-state index contributed by atoms with van der Waals surface area (Å²) in [7, 11) is 0. The number of piperidine rings is 1. The van der Waals surface area contributed by atoms with Gasteiger partial charge in [-0.3, -0.25) is 19.8 Å². The van der Waals surface area contributed by atoms with Crippen molar-refractivity contribution in [3.63, 3.8) is 0 Å². The van der Waals surface area contributed by atoms with E-state index in [9.17, 15) is 14.9 Å². The SMILES string of the molecule is CC(=O)c1cc([N+](=O)[O-])ccc1OCCN1CCCCC1. The first-order chi connectivity index (χ1) is 10.1. The summed E-state index contributed by atoms with van der Waals surface area (Å²) < 4.78 is 5.65. The van der Waals surface area contributed by atoms with Crippen LogP contribution in [0.2, 0.25) is 0 Å². The molecular formula is C15H20N2O4. The zero-order valence-corrected chi connectivity index (χ0v) is 12.2. The van der Waals surface area contributed by atoms with Gasteiger partial charge >= 0.3 is 0 Å². The fraction of sp³-hybridized carbons (Fsp3) is 0.533. The normalized spacial score (nSPS) is 15.7. The van der Waals surface area contributed by atoms with Crippen LogP contribution in [0.3, 0.4) is 0 Å². The first-order valence-corrected chi connectivity index (χ1v) is 7.22. The molecule has 1 fully saturated rings. The smallest absolute Gasteiger partial charge is 0.270 e. The Morgan fingerprint density at radius 1 is 1.33 bits per heavy atom. The number of nitro benzene ring substituents is 1. The summed E-state index contributed by atoms with van der Waals surface area (Å²) in [5, 5.41) is 10.8. The second-order valence-corrected chi connectivity index (χ2v) is 5.24. The van der Waals surface area contributed by atoms with Crippen molar-refractivity contribution in [3.8, 4) is 5.75 Å². The second-order valence-electron chi connectivity index (χ2n) is 5.24. The van der Waals surface area contributed by atoms with Crippen LogP contribution in [0.15, 0.2) is 18.2 Å². The molecular weight excluding hydrogens is 272 g/mol. The largest absolute Gasteiger partial charge is 0.491 e. The van der Waals surface area contributed by atoms with Gasteiger partial charge in [-0.15, -0.1) is 0 Å². The van der Waals surface area contributed by atoms with Gasteiger partial charge < -0.3 is 4.74 Å². The number of ketones is 1. The van der Waals surface area contributed by atoms with Gasteiger partial charge in [0.05, 0.1) is 10.5 Å². The maximum absolute atomic E-state index is 11.6. The monoisotopic (exact) mass is 292 g/mol. The molecule has 1 heterocycles. The molecule has 21 heavy (non-hydrogen) atoms. The number of ether oxygens (including phenoxy) is 1. The molecule has 6 heteroatoms. The molecule has 1 saturated heterocycles. The van der Waals surface area contributed by atoms with Crippen LogP contribution in [0.25, 0.3) is 0 Å². The van der Waals surface area contributed by atoms with Crippen molar-refractivity contribution in [1.82, 2.24) is 4.90 Å². The highest BCUT2D eigenvalue weighted by molar-refractivity contribution is 5.97.